The minimum Gasteiger partial charge on any atom is -0.504 e. The molecule has 0 saturated heterocycles. The van der Waals surface area contributed by atoms with E-state index in [4.69, 9.17) is 4.74 Å². The largest absolute Gasteiger partial charge is 0.504 e. The molecule has 1 heterocycles. The van der Waals surface area contributed by atoms with Crippen LogP contribution in [0.1, 0.15) is 38.7 Å². The molecule has 0 amide bonds. The van der Waals surface area contributed by atoms with E-state index in [2.05, 4.69) is 26.1 Å². The molecule has 1 unspecified atom stereocenters. The highest BCUT2D eigenvalue weighted by Gasteiger charge is 2.24. The van der Waals surface area contributed by atoms with Gasteiger partial charge in [-0.2, -0.15) is 0 Å². The van der Waals surface area contributed by atoms with Crippen molar-refractivity contribution in [3.63, 3.8) is 0 Å². The Balaban J connectivity index is 2.15. The molecule has 1 aromatic carbocycles. The van der Waals surface area contributed by atoms with Crippen LogP contribution in [0.5, 0.6) is 11.5 Å². The summed E-state index contributed by atoms with van der Waals surface area (Å²) in [5.74, 6) is 1.34. The third kappa shape index (κ3) is 2.91. The molecular formula is C14H21NO2. The first kappa shape index (κ1) is 12.2. The fraction of sp³-hybridized carbons (Fsp3) is 0.571. The van der Waals surface area contributed by atoms with Crippen molar-refractivity contribution in [1.82, 2.24) is 5.32 Å². The summed E-state index contributed by atoms with van der Waals surface area (Å²) < 4.78 is 5.54. The first-order chi connectivity index (χ1) is 7.97. The molecule has 1 aliphatic heterocycles. The van der Waals surface area contributed by atoms with E-state index in [9.17, 15) is 5.11 Å². The van der Waals surface area contributed by atoms with Crippen LogP contribution in [0, 0.1) is 0 Å². The van der Waals surface area contributed by atoms with E-state index in [0.717, 1.165) is 18.5 Å². The van der Waals surface area contributed by atoms with Crippen LogP contribution in [0.2, 0.25) is 0 Å². The van der Waals surface area contributed by atoms with Crippen molar-refractivity contribution in [2.75, 3.05) is 13.2 Å². The fourth-order valence-corrected chi connectivity index (χ4v) is 2.12. The van der Waals surface area contributed by atoms with E-state index in [1.165, 1.54) is 0 Å². The second-order valence-electron chi connectivity index (χ2n) is 5.66. The predicted molar refractivity (Wildman–Crippen MR) is 68.7 cm³/mol. The monoisotopic (exact) mass is 235 g/mol. The Bertz CT molecular complexity index is 396. The molecular weight excluding hydrogens is 214 g/mol. The van der Waals surface area contributed by atoms with Gasteiger partial charge in [-0.3, -0.25) is 0 Å². The maximum absolute atomic E-state index is 9.76. The number of hydrogen-bond donors (Lipinski definition) is 2. The molecule has 0 fully saturated rings. The number of hydrogen-bond acceptors (Lipinski definition) is 3. The van der Waals surface area contributed by atoms with Crippen molar-refractivity contribution in [3.05, 3.63) is 23.8 Å². The van der Waals surface area contributed by atoms with Gasteiger partial charge >= 0.3 is 0 Å². The third-order valence-corrected chi connectivity index (χ3v) is 3.06. The molecule has 1 aromatic rings. The Labute approximate surface area is 103 Å². The number of phenols is 1. The Morgan fingerprint density at radius 3 is 2.88 bits per heavy atom. The average Bonchev–Trinajstić information content (AvgIpc) is 2.26. The summed E-state index contributed by atoms with van der Waals surface area (Å²) in [7, 11) is 0. The van der Waals surface area contributed by atoms with Crippen LogP contribution in [0.15, 0.2) is 18.2 Å². The van der Waals surface area contributed by atoms with E-state index in [1.54, 1.807) is 6.07 Å². The van der Waals surface area contributed by atoms with E-state index in [-0.39, 0.29) is 11.3 Å². The minimum atomic E-state index is 0.120. The van der Waals surface area contributed by atoms with Crippen molar-refractivity contribution in [2.24, 2.45) is 0 Å². The van der Waals surface area contributed by atoms with Crippen LogP contribution < -0.4 is 10.1 Å². The molecule has 0 bridgehead atoms. The smallest absolute Gasteiger partial charge is 0.164 e. The number of aromatic hydroxyl groups is 1. The topological polar surface area (TPSA) is 41.5 Å². The maximum atomic E-state index is 9.76. The van der Waals surface area contributed by atoms with Crippen molar-refractivity contribution < 1.29 is 9.84 Å². The molecule has 3 heteroatoms. The summed E-state index contributed by atoms with van der Waals surface area (Å²) in [5.41, 5.74) is 1.24. The van der Waals surface area contributed by atoms with Crippen LogP contribution >= 0.6 is 0 Å². The van der Waals surface area contributed by atoms with Gasteiger partial charge in [-0.1, -0.05) is 12.1 Å². The summed E-state index contributed by atoms with van der Waals surface area (Å²) >= 11 is 0. The summed E-state index contributed by atoms with van der Waals surface area (Å²) in [6.45, 7) is 8.09. The predicted octanol–water partition coefficient (Wildman–Crippen LogP) is 2.65. The van der Waals surface area contributed by atoms with Crippen LogP contribution in [0.4, 0.5) is 0 Å². The summed E-state index contributed by atoms with van der Waals surface area (Å²) in [4.78, 5) is 0. The van der Waals surface area contributed by atoms with Gasteiger partial charge in [0.05, 0.1) is 6.61 Å². The number of phenolic OH excluding ortho intramolecular Hbond substituents is 1. The first-order valence-corrected chi connectivity index (χ1v) is 6.17. The van der Waals surface area contributed by atoms with Crippen LogP contribution in [-0.4, -0.2) is 23.8 Å². The number of nitrogens with one attached hydrogen (secondary N) is 1. The van der Waals surface area contributed by atoms with Gasteiger partial charge in [-0.15, -0.1) is 0 Å². The normalized spacial score (nSPS) is 19.6. The highest BCUT2D eigenvalue weighted by molar-refractivity contribution is 5.48. The van der Waals surface area contributed by atoms with Crippen molar-refractivity contribution in [3.8, 4) is 11.5 Å². The number of fused-ring (bicyclic) bond motifs is 1. The lowest BCUT2D eigenvalue weighted by Gasteiger charge is -2.30. The van der Waals surface area contributed by atoms with E-state index < -0.39 is 0 Å². The number of benzene rings is 1. The first-order valence-electron chi connectivity index (χ1n) is 6.17. The van der Waals surface area contributed by atoms with Gasteiger partial charge in [-0.25, -0.2) is 0 Å². The Hall–Kier alpha value is -1.22. The summed E-state index contributed by atoms with van der Waals surface area (Å²) in [6.07, 6.45) is 1.000. The molecule has 17 heavy (non-hydrogen) atoms. The van der Waals surface area contributed by atoms with Crippen molar-refractivity contribution >= 4 is 0 Å². The number of ether oxygens (including phenoxy) is 1. The summed E-state index contributed by atoms with van der Waals surface area (Å²) in [5, 5.41) is 13.3. The second kappa shape index (κ2) is 4.57. The molecule has 1 atom stereocenters. The van der Waals surface area contributed by atoms with Gasteiger partial charge in [0.1, 0.15) is 0 Å². The highest BCUT2D eigenvalue weighted by atomic mass is 16.5. The zero-order chi connectivity index (χ0) is 12.5. The van der Waals surface area contributed by atoms with Gasteiger partial charge in [0.15, 0.2) is 11.5 Å². The van der Waals surface area contributed by atoms with Gasteiger partial charge in [-0.05, 0) is 33.3 Å². The number of para-hydroxylation sites is 1. The van der Waals surface area contributed by atoms with Gasteiger partial charge < -0.3 is 15.2 Å². The van der Waals surface area contributed by atoms with E-state index in [0.29, 0.717) is 18.3 Å². The molecule has 0 radical (unpaired) electrons. The van der Waals surface area contributed by atoms with Crippen molar-refractivity contribution in [2.45, 2.75) is 38.6 Å². The molecule has 1 aliphatic rings. The zero-order valence-electron chi connectivity index (χ0n) is 10.8. The van der Waals surface area contributed by atoms with Gasteiger partial charge in [0.2, 0.25) is 0 Å². The van der Waals surface area contributed by atoms with Gasteiger partial charge in [0.25, 0.3) is 0 Å². The Kier molecular flexibility index (Phi) is 3.29. The molecule has 0 saturated carbocycles. The fourth-order valence-electron chi connectivity index (χ4n) is 2.12. The minimum absolute atomic E-state index is 0.120. The second-order valence-corrected chi connectivity index (χ2v) is 5.66. The molecule has 0 aliphatic carbocycles. The molecule has 0 aromatic heterocycles. The lowest BCUT2D eigenvalue weighted by atomic mass is 9.92. The average molecular weight is 235 g/mol. The summed E-state index contributed by atoms with van der Waals surface area (Å²) in [6, 6.07) is 5.61. The SMILES string of the molecule is CC(C)(C)NCC1CCOc2c(O)cccc21. The van der Waals surface area contributed by atoms with Crippen LogP contribution in [-0.2, 0) is 0 Å². The maximum Gasteiger partial charge on any atom is 0.164 e. The Morgan fingerprint density at radius 1 is 1.41 bits per heavy atom. The lowest BCUT2D eigenvalue weighted by Crippen LogP contribution is -2.39. The standard InChI is InChI=1S/C14H21NO2/c1-14(2,3)15-9-10-7-8-17-13-11(10)5-4-6-12(13)16/h4-6,10,15-16H,7-9H2,1-3H3. The van der Waals surface area contributed by atoms with Crippen molar-refractivity contribution in [1.29, 1.82) is 0 Å². The Morgan fingerprint density at radius 2 is 2.18 bits per heavy atom. The third-order valence-electron chi connectivity index (χ3n) is 3.06. The molecule has 2 rings (SSSR count). The molecule has 2 N–H and O–H groups in total. The van der Waals surface area contributed by atoms with Crippen LogP contribution in [0.3, 0.4) is 0 Å². The molecule has 3 nitrogen and oxygen atoms in total. The lowest BCUT2D eigenvalue weighted by molar-refractivity contribution is 0.246. The van der Waals surface area contributed by atoms with Crippen LogP contribution in [0.25, 0.3) is 0 Å². The van der Waals surface area contributed by atoms with Gasteiger partial charge in [0, 0.05) is 23.6 Å². The van der Waals surface area contributed by atoms with E-state index in [1.807, 2.05) is 12.1 Å². The molecule has 0 spiro atoms. The molecule has 94 valence electrons. The highest BCUT2D eigenvalue weighted by Crippen LogP contribution is 2.39. The number of rotatable bonds is 2. The quantitative estimate of drug-likeness (QED) is 0.828. The van der Waals surface area contributed by atoms with E-state index >= 15 is 0 Å². The zero-order valence-corrected chi connectivity index (χ0v) is 10.8.